The van der Waals surface area contributed by atoms with Gasteiger partial charge in [0.15, 0.2) is 0 Å². The molecule has 0 N–H and O–H groups in total. The molecule has 1 aliphatic heterocycles. The Kier molecular flexibility index (Phi) is 5.27. The lowest BCUT2D eigenvalue weighted by molar-refractivity contribution is 0.0668. The number of ether oxygens (including phenoxy) is 1. The van der Waals surface area contributed by atoms with Gasteiger partial charge in [-0.1, -0.05) is 11.2 Å². The Morgan fingerprint density at radius 1 is 1.36 bits per heavy atom. The normalized spacial score (nSPS) is 16.8. The van der Waals surface area contributed by atoms with Crippen molar-refractivity contribution >= 4 is 5.91 Å². The number of amides is 1. The summed E-state index contributed by atoms with van der Waals surface area (Å²) in [6.45, 7) is 1.42. The Morgan fingerprint density at radius 3 is 3.11 bits per heavy atom. The summed E-state index contributed by atoms with van der Waals surface area (Å²) >= 11 is 0. The van der Waals surface area contributed by atoms with Gasteiger partial charge in [-0.2, -0.15) is 4.98 Å². The monoisotopic (exact) mass is 379 g/mol. The van der Waals surface area contributed by atoms with Crippen LogP contribution in [0.15, 0.2) is 47.4 Å². The lowest BCUT2D eigenvalue weighted by Gasteiger charge is -2.32. The minimum Gasteiger partial charge on any atom is -0.497 e. The molecule has 1 aromatic carbocycles. The number of hydrogen-bond acceptors (Lipinski definition) is 7. The Morgan fingerprint density at radius 2 is 2.29 bits per heavy atom. The van der Waals surface area contributed by atoms with Crippen molar-refractivity contribution in [3.8, 4) is 17.3 Å². The summed E-state index contributed by atoms with van der Waals surface area (Å²) in [5.74, 6) is 1.97. The molecule has 1 saturated heterocycles. The maximum Gasteiger partial charge on any atom is 0.253 e. The van der Waals surface area contributed by atoms with Crippen molar-refractivity contribution in [2.24, 2.45) is 5.92 Å². The first-order valence-corrected chi connectivity index (χ1v) is 9.25. The van der Waals surface area contributed by atoms with Crippen LogP contribution < -0.4 is 4.74 Å². The molecule has 144 valence electrons. The third-order valence-corrected chi connectivity index (χ3v) is 4.85. The lowest BCUT2D eigenvalue weighted by Crippen LogP contribution is -2.40. The summed E-state index contributed by atoms with van der Waals surface area (Å²) in [7, 11) is 1.60. The molecule has 0 aliphatic carbocycles. The summed E-state index contributed by atoms with van der Waals surface area (Å²) < 4.78 is 10.6. The number of hydrogen-bond donors (Lipinski definition) is 0. The zero-order valence-corrected chi connectivity index (χ0v) is 15.6. The predicted octanol–water partition coefficient (Wildman–Crippen LogP) is 2.63. The average Bonchev–Trinajstić information content (AvgIpc) is 3.22. The Balaban J connectivity index is 1.41. The van der Waals surface area contributed by atoms with Crippen molar-refractivity contribution in [2.75, 3.05) is 20.2 Å². The van der Waals surface area contributed by atoms with Gasteiger partial charge in [-0.3, -0.25) is 9.78 Å². The molecule has 0 radical (unpaired) electrons. The van der Waals surface area contributed by atoms with Crippen LogP contribution in [0.3, 0.4) is 0 Å². The Labute approximate surface area is 162 Å². The zero-order chi connectivity index (χ0) is 19.3. The quantitative estimate of drug-likeness (QED) is 0.672. The number of aromatic nitrogens is 4. The van der Waals surface area contributed by atoms with E-state index in [9.17, 15) is 4.79 Å². The van der Waals surface area contributed by atoms with Crippen molar-refractivity contribution in [3.63, 3.8) is 0 Å². The summed E-state index contributed by atoms with van der Waals surface area (Å²) in [6.07, 6.45) is 7.39. The van der Waals surface area contributed by atoms with Gasteiger partial charge in [0.1, 0.15) is 11.4 Å². The van der Waals surface area contributed by atoms with E-state index >= 15 is 0 Å². The molecule has 8 heteroatoms. The molecular formula is C20H21N5O3. The number of benzene rings is 1. The second-order valence-electron chi connectivity index (χ2n) is 6.80. The largest absolute Gasteiger partial charge is 0.497 e. The Bertz CT molecular complexity index is 944. The molecule has 0 spiro atoms. The van der Waals surface area contributed by atoms with Crippen LogP contribution in [0.25, 0.3) is 11.5 Å². The molecule has 1 unspecified atom stereocenters. The standard InChI is InChI=1S/C20H21N5O3/c1-27-16-6-2-5-15(11-16)20(26)25-9-3-4-14(13-25)10-18-23-19(24-28-18)17-12-21-7-8-22-17/h2,5-8,11-12,14H,3-4,9-10,13H2,1H3. The van der Waals surface area contributed by atoms with Crippen molar-refractivity contribution < 1.29 is 14.1 Å². The summed E-state index contributed by atoms with van der Waals surface area (Å²) in [6, 6.07) is 7.26. The second-order valence-corrected chi connectivity index (χ2v) is 6.80. The highest BCUT2D eigenvalue weighted by molar-refractivity contribution is 5.94. The molecule has 4 rings (SSSR count). The van der Waals surface area contributed by atoms with Gasteiger partial charge in [-0.05, 0) is 37.0 Å². The van der Waals surface area contributed by atoms with Crippen LogP contribution >= 0.6 is 0 Å². The van der Waals surface area contributed by atoms with Crippen LogP contribution in [0.4, 0.5) is 0 Å². The van der Waals surface area contributed by atoms with Crippen LogP contribution in [-0.4, -0.2) is 51.1 Å². The molecule has 8 nitrogen and oxygen atoms in total. The van der Waals surface area contributed by atoms with E-state index in [1.807, 2.05) is 23.1 Å². The molecule has 1 fully saturated rings. The molecule has 0 bridgehead atoms. The van der Waals surface area contributed by atoms with Gasteiger partial charge in [0.05, 0.1) is 13.3 Å². The van der Waals surface area contributed by atoms with Gasteiger partial charge < -0.3 is 14.2 Å². The molecule has 1 aliphatic rings. The smallest absolute Gasteiger partial charge is 0.253 e. The van der Waals surface area contributed by atoms with Gasteiger partial charge in [0.2, 0.25) is 11.7 Å². The van der Waals surface area contributed by atoms with Crippen LogP contribution in [0, 0.1) is 5.92 Å². The number of methoxy groups -OCH3 is 1. The first-order valence-electron chi connectivity index (χ1n) is 9.25. The maximum absolute atomic E-state index is 12.9. The SMILES string of the molecule is COc1cccc(C(=O)N2CCCC(Cc3nc(-c4cnccn4)no3)C2)c1. The molecule has 0 saturated carbocycles. The molecular weight excluding hydrogens is 358 g/mol. The summed E-state index contributed by atoms with van der Waals surface area (Å²) in [5, 5.41) is 3.99. The zero-order valence-electron chi connectivity index (χ0n) is 15.6. The van der Waals surface area contributed by atoms with E-state index in [0.29, 0.717) is 41.7 Å². The minimum atomic E-state index is 0.0226. The van der Waals surface area contributed by atoms with Gasteiger partial charge in [-0.15, -0.1) is 0 Å². The van der Waals surface area contributed by atoms with E-state index in [1.165, 1.54) is 0 Å². The number of nitrogens with zero attached hydrogens (tertiary/aromatic N) is 5. The maximum atomic E-state index is 12.9. The van der Waals surface area contributed by atoms with Gasteiger partial charge in [0, 0.05) is 37.5 Å². The number of likely N-dealkylation sites (tertiary alicyclic amines) is 1. The number of rotatable bonds is 5. The van der Waals surface area contributed by atoms with E-state index in [-0.39, 0.29) is 11.8 Å². The first-order chi connectivity index (χ1) is 13.7. The topological polar surface area (TPSA) is 94.2 Å². The molecule has 3 heterocycles. The second kappa shape index (κ2) is 8.16. The van der Waals surface area contributed by atoms with Gasteiger partial charge in [0.25, 0.3) is 5.91 Å². The molecule has 1 atom stereocenters. The van der Waals surface area contributed by atoms with Gasteiger partial charge >= 0.3 is 0 Å². The molecule has 28 heavy (non-hydrogen) atoms. The van der Waals surface area contributed by atoms with Crippen molar-refractivity contribution in [2.45, 2.75) is 19.3 Å². The summed E-state index contributed by atoms with van der Waals surface area (Å²) in [5.41, 5.74) is 1.22. The van der Waals surface area contributed by atoms with E-state index in [0.717, 1.165) is 19.4 Å². The van der Waals surface area contributed by atoms with Crippen molar-refractivity contribution in [3.05, 3.63) is 54.3 Å². The predicted molar refractivity (Wildman–Crippen MR) is 101 cm³/mol. The van der Waals surface area contributed by atoms with Gasteiger partial charge in [-0.25, -0.2) is 4.98 Å². The summed E-state index contributed by atoms with van der Waals surface area (Å²) in [4.78, 5) is 27.4. The first kappa shape index (κ1) is 18.1. The number of carbonyl (C=O) groups excluding carboxylic acids is 1. The molecule has 2 aromatic heterocycles. The van der Waals surface area contributed by atoms with E-state index in [2.05, 4.69) is 20.1 Å². The highest BCUT2D eigenvalue weighted by Gasteiger charge is 2.26. The third kappa shape index (κ3) is 4.00. The van der Waals surface area contributed by atoms with E-state index in [1.54, 1.807) is 31.8 Å². The fraction of sp³-hybridized carbons (Fsp3) is 0.350. The number of piperidine rings is 1. The van der Waals surface area contributed by atoms with Crippen molar-refractivity contribution in [1.82, 2.24) is 25.0 Å². The fourth-order valence-electron chi connectivity index (χ4n) is 3.46. The highest BCUT2D eigenvalue weighted by atomic mass is 16.5. The molecule has 1 amide bonds. The highest BCUT2D eigenvalue weighted by Crippen LogP contribution is 2.23. The lowest BCUT2D eigenvalue weighted by atomic mass is 9.94. The average molecular weight is 379 g/mol. The molecule has 3 aromatic rings. The van der Waals surface area contributed by atoms with Crippen LogP contribution in [0.1, 0.15) is 29.1 Å². The third-order valence-electron chi connectivity index (χ3n) is 4.85. The minimum absolute atomic E-state index is 0.0226. The van der Waals surface area contributed by atoms with Crippen LogP contribution in [-0.2, 0) is 6.42 Å². The Hall–Kier alpha value is -3.29. The van der Waals surface area contributed by atoms with E-state index in [4.69, 9.17) is 9.26 Å². The van der Waals surface area contributed by atoms with Crippen LogP contribution in [0.2, 0.25) is 0 Å². The number of carbonyl (C=O) groups is 1. The van der Waals surface area contributed by atoms with Crippen LogP contribution in [0.5, 0.6) is 5.75 Å². The van der Waals surface area contributed by atoms with E-state index < -0.39 is 0 Å². The fourth-order valence-corrected chi connectivity index (χ4v) is 3.46. The van der Waals surface area contributed by atoms with Crippen molar-refractivity contribution in [1.29, 1.82) is 0 Å².